The zero-order valence-corrected chi connectivity index (χ0v) is 7.10. The zero-order chi connectivity index (χ0) is 4.00. The third-order valence-corrected chi connectivity index (χ3v) is 0. The zero-order valence-electron chi connectivity index (χ0n) is 1.76. The van der Waals surface area contributed by atoms with Crippen LogP contribution in [0.4, 0.5) is 0 Å². The summed E-state index contributed by atoms with van der Waals surface area (Å²) in [5.41, 5.74) is 0. The molecule has 4 heteroatoms. The van der Waals surface area contributed by atoms with Gasteiger partial charge in [-0.05, 0) is 0 Å². The summed E-state index contributed by atoms with van der Waals surface area (Å²) in [6.07, 6.45) is 0. The second-order valence-corrected chi connectivity index (χ2v) is 0. The quantitative estimate of drug-likeness (QED) is 0.566. The standard InChI is InChI=1S/Ce.Nb.2O. The molecule has 2 nitrogen and oxygen atoms in total. The molecule has 0 rings (SSSR count). The molecule has 0 radical (unpaired) electrons. The van der Waals surface area contributed by atoms with Gasteiger partial charge >= 0.3 is 65.0 Å². The third-order valence-electron chi connectivity index (χ3n) is 0. The Hall–Kier alpha value is 1.72. The average molecular weight is 265 g/mol. The topological polar surface area (TPSA) is 34.1 Å². The molecule has 0 aromatic rings. The Bertz CT molecular complexity index is 8.00. The molecule has 0 aliphatic heterocycles. The van der Waals surface area contributed by atoms with Crippen molar-refractivity contribution < 1.29 is 65.0 Å². The molecule has 0 unspecified atom stereocenters. The van der Waals surface area contributed by atoms with Gasteiger partial charge in [-0.3, -0.25) is 0 Å². The van der Waals surface area contributed by atoms with Crippen molar-refractivity contribution in [2.45, 2.75) is 0 Å². The molecule has 0 spiro atoms. The molecule has 0 saturated heterocycles. The van der Waals surface area contributed by atoms with Crippen molar-refractivity contribution in [1.82, 2.24) is 0 Å². The molecular formula is CeNbO2. The van der Waals surface area contributed by atoms with E-state index in [2.05, 4.69) is 0 Å². The molecule has 0 aliphatic rings. The molecule has 0 aromatic heterocycles. The molecule has 0 N–H and O–H groups in total. The molecular weight excluding hydrogens is 265 g/mol. The van der Waals surface area contributed by atoms with Crippen LogP contribution in [0, 0.1) is 39.8 Å². The van der Waals surface area contributed by atoms with Gasteiger partial charge in [-0.2, -0.15) is 0 Å². The molecule has 0 amide bonds. The Morgan fingerprint density at radius 1 is 1.25 bits per heavy atom. The van der Waals surface area contributed by atoms with Crippen LogP contribution in [0.25, 0.3) is 0 Å². The summed E-state index contributed by atoms with van der Waals surface area (Å²) in [6, 6.07) is 0. The summed E-state index contributed by atoms with van der Waals surface area (Å²) >= 11 is 0.556. The Balaban J connectivity index is 0. The molecule has 0 fully saturated rings. The molecule has 0 saturated carbocycles. The fraction of sp³-hybridized carbons (Fsp3) is 0. The van der Waals surface area contributed by atoms with Crippen LogP contribution in [0.15, 0.2) is 0 Å². The van der Waals surface area contributed by atoms with Gasteiger partial charge in [0, 0.05) is 0 Å². The van der Waals surface area contributed by atoms with Gasteiger partial charge in [0.25, 0.3) is 0 Å². The predicted molar refractivity (Wildman–Crippen MR) is 1.37 cm³/mol. The van der Waals surface area contributed by atoms with Crippen molar-refractivity contribution in [3.63, 3.8) is 0 Å². The van der Waals surface area contributed by atoms with Crippen LogP contribution < -0.4 is 0 Å². The molecule has 0 atom stereocenters. The van der Waals surface area contributed by atoms with E-state index in [1.165, 1.54) is 0 Å². The van der Waals surface area contributed by atoms with Gasteiger partial charge in [0.2, 0.25) is 0 Å². The van der Waals surface area contributed by atoms with Gasteiger partial charge in [-0.25, -0.2) is 0 Å². The van der Waals surface area contributed by atoms with Gasteiger partial charge in [-0.15, -0.1) is 0 Å². The van der Waals surface area contributed by atoms with Crippen molar-refractivity contribution in [3.8, 4) is 0 Å². The van der Waals surface area contributed by atoms with E-state index in [4.69, 9.17) is 4.19 Å². The van der Waals surface area contributed by atoms with E-state index in [0.717, 1.165) is 0 Å². The predicted octanol–water partition coefficient (Wildman–Crippen LogP) is -0.240. The monoisotopic (exact) mass is 265 g/mol. The molecule has 0 aliphatic carbocycles. The van der Waals surface area contributed by atoms with Gasteiger partial charge in [0.05, 0.1) is 0 Å². The fourth-order valence-corrected chi connectivity index (χ4v) is 0. The first-order valence-corrected chi connectivity index (χ1v) is 2.57. The minimum atomic E-state index is 0.0556. The molecule has 4 heavy (non-hydrogen) atoms. The molecule has 0 heterocycles. The van der Waals surface area contributed by atoms with Crippen molar-refractivity contribution in [1.29, 1.82) is 0 Å². The average Bonchev–Trinajstić information content (AvgIpc) is 1.50. The van der Waals surface area contributed by atoms with Crippen LogP contribution >= 0.6 is 0 Å². The molecule has 0 bridgehead atoms. The second kappa shape index (κ2) is 22.1. The maximum atomic E-state index is 8.39. The summed E-state index contributed by atoms with van der Waals surface area (Å²) < 4.78 is 16.7. The minimum absolute atomic E-state index is 0.0556. The number of hydrogen-bond donors (Lipinski definition) is 0. The Morgan fingerprint density at radius 3 is 1.25 bits per heavy atom. The van der Waals surface area contributed by atoms with E-state index in [1.807, 2.05) is 0 Å². The normalized spacial score (nSPS) is 1.50. The van der Waals surface area contributed by atoms with Crippen LogP contribution in [-0.4, -0.2) is 0 Å². The van der Waals surface area contributed by atoms with Crippen molar-refractivity contribution in [3.05, 3.63) is 0 Å². The SMILES string of the molecule is [O]=[Ce].[O]=[Nb]. The Labute approximate surface area is 63.8 Å². The first-order chi connectivity index (χ1) is 2.00. The van der Waals surface area contributed by atoms with Crippen LogP contribution in [0.1, 0.15) is 0 Å². The maximum absolute atomic E-state index is 8.39. The van der Waals surface area contributed by atoms with Crippen LogP contribution in [0.5, 0.6) is 0 Å². The van der Waals surface area contributed by atoms with E-state index in [0.29, 0.717) is 21.0 Å². The Kier molecular flexibility index (Phi) is 50.9. The summed E-state index contributed by atoms with van der Waals surface area (Å²) in [4.78, 5) is 0. The summed E-state index contributed by atoms with van der Waals surface area (Å²) in [6.45, 7) is 0. The van der Waals surface area contributed by atoms with Gasteiger partial charge in [0.15, 0.2) is 0 Å². The van der Waals surface area contributed by atoms with Gasteiger partial charge < -0.3 is 0 Å². The van der Waals surface area contributed by atoms with Crippen molar-refractivity contribution >= 4 is 0 Å². The van der Waals surface area contributed by atoms with Crippen molar-refractivity contribution in [2.75, 3.05) is 0 Å². The van der Waals surface area contributed by atoms with Crippen LogP contribution in [-0.2, 0) is 25.2 Å². The molecule has 0 aromatic carbocycles. The van der Waals surface area contributed by atoms with Gasteiger partial charge in [-0.1, -0.05) is 0 Å². The first-order valence-electron chi connectivity index (χ1n) is 0.387. The Morgan fingerprint density at radius 2 is 1.25 bits per heavy atom. The second-order valence-electron chi connectivity index (χ2n) is 0. The van der Waals surface area contributed by atoms with Crippen LogP contribution in [0.3, 0.4) is 0 Å². The fourth-order valence-electron chi connectivity index (χ4n) is 0. The van der Waals surface area contributed by atoms with E-state index in [9.17, 15) is 0 Å². The van der Waals surface area contributed by atoms with Crippen molar-refractivity contribution in [2.24, 2.45) is 0 Å². The summed E-state index contributed by atoms with van der Waals surface area (Å²) in [5.74, 6) is 0. The number of hydrogen-bond acceptors (Lipinski definition) is 2. The number of rotatable bonds is 0. The summed E-state index contributed by atoms with van der Waals surface area (Å²) in [5, 5.41) is 0. The van der Waals surface area contributed by atoms with Crippen LogP contribution in [0.2, 0.25) is 0 Å². The summed E-state index contributed by atoms with van der Waals surface area (Å²) in [7, 11) is 0. The van der Waals surface area contributed by atoms with E-state index in [-0.39, 0.29) is 39.8 Å². The third kappa shape index (κ3) is 9.31. The van der Waals surface area contributed by atoms with E-state index < -0.39 is 0 Å². The first kappa shape index (κ1) is 9.21. The van der Waals surface area contributed by atoms with E-state index in [1.54, 1.807) is 0 Å². The molecule has 21 valence electrons. The van der Waals surface area contributed by atoms with E-state index >= 15 is 0 Å². The van der Waals surface area contributed by atoms with Gasteiger partial charge in [0.1, 0.15) is 0 Å².